The van der Waals surface area contributed by atoms with Gasteiger partial charge in [0.1, 0.15) is 0 Å². The van der Waals surface area contributed by atoms with Crippen molar-refractivity contribution in [3.63, 3.8) is 0 Å². The van der Waals surface area contributed by atoms with E-state index >= 15 is 0 Å². The lowest BCUT2D eigenvalue weighted by Crippen LogP contribution is -2.51. The number of nitrogens with zero attached hydrogens (tertiary/aromatic N) is 2. The Morgan fingerprint density at radius 2 is 1.48 bits per heavy atom. The fourth-order valence-electron chi connectivity index (χ4n) is 3.49. The molecule has 1 saturated heterocycles. The average molecular weight is 394 g/mol. The number of benzene rings is 2. The molecule has 1 aliphatic rings. The van der Waals surface area contributed by atoms with Crippen molar-refractivity contribution in [1.82, 2.24) is 4.90 Å². The van der Waals surface area contributed by atoms with Gasteiger partial charge in [-0.25, -0.2) is 0 Å². The van der Waals surface area contributed by atoms with E-state index in [1.54, 1.807) is 0 Å². The highest BCUT2D eigenvalue weighted by Gasteiger charge is 2.29. The molecule has 29 heavy (non-hydrogen) atoms. The van der Waals surface area contributed by atoms with Gasteiger partial charge in [-0.15, -0.1) is 0 Å². The molecule has 1 fully saturated rings. The highest BCUT2D eigenvalue weighted by Crippen LogP contribution is 2.23. The van der Waals surface area contributed by atoms with Crippen molar-refractivity contribution in [2.24, 2.45) is 5.41 Å². The average Bonchev–Trinajstić information content (AvgIpc) is 2.73. The van der Waals surface area contributed by atoms with E-state index in [4.69, 9.17) is 0 Å². The molecule has 1 aliphatic heterocycles. The van der Waals surface area contributed by atoms with Crippen molar-refractivity contribution >= 4 is 23.2 Å². The third kappa shape index (κ3) is 5.17. The Labute approximate surface area is 173 Å². The molecule has 2 aromatic carbocycles. The van der Waals surface area contributed by atoms with Crippen LogP contribution in [-0.4, -0.2) is 42.9 Å². The molecule has 5 nitrogen and oxygen atoms in total. The molecule has 1 N–H and O–H groups in total. The molecule has 1 heterocycles. The molecule has 0 aromatic heterocycles. The summed E-state index contributed by atoms with van der Waals surface area (Å²) in [6.45, 7) is 11.1. The Bertz CT molecular complexity index is 843. The molecule has 0 atom stereocenters. The normalized spacial score (nSPS) is 14.6. The first-order valence-electron chi connectivity index (χ1n) is 10.3. The summed E-state index contributed by atoms with van der Waals surface area (Å²) in [5, 5.41) is 2.95. The van der Waals surface area contributed by atoms with Crippen molar-refractivity contribution in [3.8, 4) is 0 Å². The van der Waals surface area contributed by atoms with Crippen LogP contribution in [0.5, 0.6) is 0 Å². The molecule has 0 spiro atoms. The summed E-state index contributed by atoms with van der Waals surface area (Å²) < 4.78 is 0. The van der Waals surface area contributed by atoms with Gasteiger partial charge in [-0.1, -0.05) is 39.8 Å². The predicted molar refractivity (Wildman–Crippen MR) is 118 cm³/mol. The smallest absolute Gasteiger partial charge is 0.255 e. The van der Waals surface area contributed by atoms with E-state index in [0.29, 0.717) is 5.56 Å². The van der Waals surface area contributed by atoms with Gasteiger partial charge in [0.25, 0.3) is 5.91 Å². The Hall–Kier alpha value is -2.82. The van der Waals surface area contributed by atoms with Gasteiger partial charge < -0.3 is 15.1 Å². The van der Waals surface area contributed by atoms with Gasteiger partial charge in [0.2, 0.25) is 5.91 Å². The van der Waals surface area contributed by atoms with E-state index in [9.17, 15) is 9.59 Å². The molecule has 0 bridgehead atoms. The molecule has 0 aliphatic carbocycles. The van der Waals surface area contributed by atoms with E-state index in [1.165, 1.54) is 5.56 Å². The molecule has 3 rings (SSSR count). The highest BCUT2D eigenvalue weighted by atomic mass is 16.2. The van der Waals surface area contributed by atoms with Gasteiger partial charge in [0.05, 0.1) is 0 Å². The number of piperazine rings is 1. The predicted octanol–water partition coefficient (Wildman–Crippen LogP) is 4.20. The molecule has 0 radical (unpaired) electrons. The standard InChI is InChI=1S/C24H31N3O2/c1-5-18-6-8-19(9-7-18)22(28)25-20-10-12-21(13-11-20)26-14-16-27(17-15-26)23(29)24(2,3)4/h6-13H,5,14-17H2,1-4H3,(H,25,28). The van der Waals surface area contributed by atoms with Crippen LogP contribution >= 0.6 is 0 Å². The van der Waals surface area contributed by atoms with Gasteiger partial charge in [-0.05, 0) is 48.4 Å². The quantitative estimate of drug-likeness (QED) is 0.847. The molecule has 2 aromatic rings. The van der Waals surface area contributed by atoms with E-state index < -0.39 is 0 Å². The van der Waals surface area contributed by atoms with Gasteiger partial charge in [-0.3, -0.25) is 9.59 Å². The zero-order chi connectivity index (χ0) is 21.0. The number of rotatable bonds is 4. The minimum absolute atomic E-state index is 0.102. The molecule has 0 saturated carbocycles. The van der Waals surface area contributed by atoms with Crippen LogP contribution in [0.3, 0.4) is 0 Å². The first kappa shape index (κ1) is 20.9. The molecular formula is C24H31N3O2. The Morgan fingerprint density at radius 1 is 0.897 bits per heavy atom. The van der Waals surface area contributed by atoms with Crippen LogP contribution in [0, 0.1) is 5.41 Å². The molecule has 2 amide bonds. The number of anilines is 2. The Morgan fingerprint density at radius 3 is 2.00 bits per heavy atom. The third-order valence-corrected chi connectivity index (χ3v) is 5.32. The lowest BCUT2D eigenvalue weighted by molar-refractivity contribution is -0.139. The zero-order valence-corrected chi connectivity index (χ0v) is 17.9. The molecule has 154 valence electrons. The van der Waals surface area contributed by atoms with Crippen LogP contribution in [-0.2, 0) is 11.2 Å². The Kier molecular flexibility index (Phi) is 6.26. The van der Waals surface area contributed by atoms with E-state index in [-0.39, 0.29) is 17.2 Å². The van der Waals surface area contributed by atoms with Crippen LogP contribution in [0.1, 0.15) is 43.6 Å². The molecular weight excluding hydrogens is 362 g/mol. The van der Waals surface area contributed by atoms with E-state index in [0.717, 1.165) is 44.0 Å². The van der Waals surface area contributed by atoms with E-state index in [1.807, 2.05) is 74.2 Å². The van der Waals surface area contributed by atoms with Crippen LogP contribution in [0.15, 0.2) is 48.5 Å². The summed E-state index contributed by atoms with van der Waals surface area (Å²) in [4.78, 5) is 29.1. The SMILES string of the molecule is CCc1ccc(C(=O)Nc2ccc(N3CCN(C(=O)C(C)(C)C)CC3)cc2)cc1. The third-order valence-electron chi connectivity index (χ3n) is 5.32. The van der Waals surface area contributed by atoms with Crippen molar-refractivity contribution in [1.29, 1.82) is 0 Å². The number of aryl methyl sites for hydroxylation is 1. The number of carbonyl (C=O) groups is 2. The Balaban J connectivity index is 1.56. The summed E-state index contributed by atoms with van der Waals surface area (Å²) in [6.07, 6.45) is 0.960. The second-order valence-corrected chi connectivity index (χ2v) is 8.58. The van der Waals surface area contributed by atoms with Crippen molar-refractivity contribution in [2.75, 3.05) is 36.4 Å². The maximum Gasteiger partial charge on any atom is 0.255 e. The fourth-order valence-corrected chi connectivity index (χ4v) is 3.49. The fraction of sp³-hybridized carbons (Fsp3) is 0.417. The maximum atomic E-state index is 12.4. The van der Waals surface area contributed by atoms with Crippen LogP contribution in [0.4, 0.5) is 11.4 Å². The van der Waals surface area contributed by atoms with Crippen LogP contribution in [0.25, 0.3) is 0 Å². The zero-order valence-electron chi connectivity index (χ0n) is 17.9. The first-order valence-corrected chi connectivity index (χ1v) is 10.3. The van der Waals surface area contributed by atoms with Gasteiger partial charge >= 0.3 is 0 Å². The number of hydrogen-bond donors (Lipinski definition) is 1. The van der Waals surface area contributed by atoms with Gasteiger partial charge in [0.15, 0.2) is 0 Å². The van der Waals surface area contributed by atoms with Gasteiger partial charge in [0, 0.05) is 48.5 Å². The van der Waals surface area contributed by atoms with Gasteiger partial charge in [-0.2, -0.15) is 0 Å². The number of nitrogens with one attached hydrogen (secondary N) is 1. The largest absolute Gasteiger partial charge is 0.368 e. The van der Waals surface area contributed by atoms with Crippen molar-refractivity contribution < 1.29 is 9.59 Å². The number of amides is 2. The summed E-state index contributed by atoms with van der Waals surface area (Å²) in [7, 11) is 0. The van der Waals surface area contributed by atoms with E-state index in [2.05, 4.69) is 17.1 Å². The minimum Gasteiger partial charge on any atom is -0.368 e. The summed E-state index contributed by atoms with van der Waals surface area (Å²) >= 11 is 0. The van der Waals surface area contributed by atoms with Crippen molar-refractivity contribution in [2.45, 2.75) is 34.1 Å². The lowest BCUT2D eigenvalue weighted by atomic mass is 9.94. The van der Waals surface area contributed by atoms with Crippen molar-refractivity contribution in [3.05, 3.63) is 59.7 Å². The maximum absolute atomic E-state index is 12.4. The second kappa shape index (κ2) is 8.68. The number of hydrogen-bond acceptors (Lipinski definition) is 3. The highest BCUT2D eigenvalue weighted by molar-refractivity contribution is 6.04. The molecule has 0 unspecified atom stereocenters. The first-order chi connectivity index (χ1) is 13.8. The number of carbonyl (C=O) groups excluding carboxylic acids is 2. The topological polar surface area (TPSA) is 52.7 Å². The summed E-state index contributed by atoms with van der Waals surface area (Å²) in [6, 6.07) is 15.6. The summed E-state index contributed by atoms with van der Waals surface area (Å²) in [5.74, 6) is 0.108. The molecule has 5 heteroatoms. The summed E-state index contributed by atoms with van der Waals surface area (Å²) in [5.41, 5.74) is 3.43. The monoisotopic (exact) mass is 393 g/mol. The minimum atomic E-state index is -0.334. The van der Waals surface area contributed by atoms with Crippen LogP contribution < -0.4 is 10.2 Å². The lowest BCUT2D eigenvalue weighted by Gasteiger charge is -2.38. The second-order valence-electron chi connectivity index (χ2n) is 8.58. The van der Waals surface area contributed by atoms with Crippen LogP contribution in [0.2, 0.25) is 0 Å².